The van der Waals surface area contributed by atoms with Crippen LogP contribution in [0.4, 0.5) is 10.1 Å². The highest BCUT2D eigenvalue weighted by molar-refractivity contribution is 5.55. The van der Waals surface area contributed by atoms with Crippen molar-refractivity contribution in [2.45, 2.75) is 46.6 Å². The van der Waals surface area contributed by atoms with Crippen LogP contribution in [-0.4, -0.2) is 13.1 Å². The van der Waals surface area contributed by atoms with Gasteiger partial charge in [-0.2, -0.15) is 0 Å². The van der Waals surface area contributed by atoms with Crippen molar-refractivity contribution in [1.82, 2.24) is 0 Å². The molecular weight excluding hydrogens is 251 g/mol. The predicted molar refractivity (Wildman–Crippen MR) is 83.3 cm³/mol. The van der Waals surface area contributed by atoms with E-state index in [0.717, 1.165) is 37.2 Å². The molecule has 1 aliphatic heterocycles. The molecule has 0 amide bonds. The molecule has 1 saturated heterocycles. The number of anilines is 1. The van der Waals surface area contributed by atoms with E-state index in [9.17, 15) is 4.39 Å². The monoisotopic (exact) mass is 278 g/mol. The molecule has 0 aromatic heterocycles. The van der Waals surface area contributed by atoms with Gasteiger partial charge in [-0.25, -0.2) is 4.39 Å². The lowest BCUT2D eigenvalue weighted by Crippen LogP contribution is -2.28. The van der Waals surface area contributed by atoms with Crippen molar-refractivity contribution in [2.24, 2.45) is 17.1 Å². The van der Waals surface area contributed by atoms with Crippen molar-refractivity contribution in [1.29, 1.82) is 0 Å². The first-order valence-corrected chi connectivity index (χ1v) is 7.66. The summed E-state index contributed by atoms with van der Waals surface area (Å²) in [7, 11) is 0. The first-order chi connectivity index (χ1) is 9.43. The third kappa shape index (κ3) is 3.32. The Morgan fingerprint density at radius 2 is 2.00 bits per heavy atom. The maximum Gasteiger partial charge on any atom is 0.146 e. The smallest absolute Gasteiger partial charge is 0.146 e. The minimum absolute atomic E-state index is 0.137. The highest BCUT2D eigenvalue weighted by Gasteiger charge is 2.28. The molecule has 1 heterocycles. The van der Waals surface area contributed by atoms with E-state index < -0.39 is 0 Å². The average Bonchev–Trinajstić information content (AvgIpc) is 2.63. The normalized spacial score (nSPS) is 20.9. The number of benzene rings is 1. The van der Waals surface area contributed by atoms with Crippen molar-refractivity contribution in [3.63, 3.8) is 0 Å². The lowest BCUT2D eigenvalue weighted by atomic mass is 9.77. The number of nitrogens with zero attached hydrogens (tertiary/aromatic N) is 1. The number of hydrogen-bond donors (Lipinski definition) is 1. The number of rotatable bonds is 2. The van der Waals surface area contributed by atoms with Gasteiger partial charge in [-0.05, 0) is 42.2 Å². The fourth-order valence-electron chi connectivity index (χ4n) is 3.26. The van der Waals surface area contributed by atoms with Crippen LogP contribution in [0.2, 0.25) is 0 Å². The van der Waals surface area contributed by atoms with Crippen molar-refractivity contribution in [3.8, 4) is 0 Å². The largest absolute Gasteiger partial charge is 0.369 e. The number of hydrogen-bond acceptors (Lipinski definition) is 2. The van der Waals surface area contributed by atoms with E-state index in [1.54, 1.807) is 12.1 Å². The van der Waals surface area contributed by atoms with Crippen LogP contribution in [0.15, 0.2) is 18.2 Å². The van der Waals surface area contributed by atoms with Crippen LogP contribution in [0.5, 0.6) is 0 Å². The van der Waals surface area contributed by atoms with Gasteiger partial charge in [0.2, 0.25) is 0 Å². The molecule has 1 aliphatic rings. The summed E-state index contributed by atoms with van der Waals surface area (Å²) in [5, 5.41) is 0. The lowest BCUT2D eigenvalue weighted by molar-refractivity contribution is 0.220. The molecule has 0 bridgehead atoms. The van der Waals surface area contributed by atoms with Gasteiger partial charge in [0.25, 0.3) is 0 Å². The van der Waals surface area contributed by atoms with Gasteiger partial charge in [0.1, 0.15) is 5.82 Å². The van der Waals surface area contributed by atoms with Gasteiger partial charge >= 0.3 is 0 Å². The Bertz CT molecular complexity index is 451. The highest BCUT2D eigenvalue weighted by atomic mass is 19.1. The molecule has 3 heteroatoms. The molecule has 0 saturated carbocycles. The Balaban J connectivity index is 2.19. The minimum Gasteiger partial charge on any atom is -0.369 e. The van der Waals surface area contributed by atoms with E-state index in [2.05, 4.69) is 25.7 Å². The molecule has 2 nitrogen and oxygen atoms in total. The Kier molecular flexibility index (Phi) is 4.69. The first kappa shape index (κ1) is 15.3. The summed E-state index contributed by atoms with van der Waals surface area (Å²) in [5.74, 6) is 0.572. The summed E-state index contributed by atoms with van der Waals surface area (Å²) in [6.45, 7) is 9.17. The predicted octanol–water partition coefficient (Wildman–Crippen LogP) is 3.94. The topological polar surface area (TPSA) is 29.3 Å². The second-order valence-corrected chi connectivity index (χ2v) is 6.93. The molecule has 1 atom stereocenters. The van der Waals surface area contributed by atoms with Gasteiger partial charge in [0.05, 0.1) is 5.69 Å². The molecule has 0 aliphatic carbocycles. The van der Waals surface area contributed by atoms with Gasteiger partial charge in [0, 0.05) is 19.6 Å². The van der Waals surface area contributed by atoms with Crippen molar-refractivity contribution < 1.29 is 4.39 Å². The van der Waals surface area contributed by atoms with Crippen molar-refractivity contribution in [3.05, 3.63) is 29.6 Å². The molecule has 1 fully saturated rings. The van der Waals surface area contributed by atoms with Crippen LogP contribution in [0.1, 0.15) is 45.6 Å². The highest BCUT2D eigenvalue weighted by Crippen LogP contribution is 2.36. The number of para-hydroxylation sites is 1. The Labute approximate surface area is 122 Å². The van der Waals surface area contributed by atoms with Gasteiger partial charge in [0.15, 0.2) is 0 Å². The molecule has 1 aromatic carbocycles. The summed E-state index contributed by atoms with van der Waals surface area (Å²) in [6.07, 6.45) is 3.48. The zero-order chi connectivity index (χ0) is 14.8. The van der Waals surface area contributed by atoms with E-state index >= 15 is 0 Å². The summed E-state index contributed by atoms with van der Waals surface area (Å²) in [6, 6.07) is 5.22. The van der Waals surface area contributed by atoms with Crippen LogP contribution < -0.4 is 10.6 Å². The number of halogens is 1. The lowest BCUT2D eigenvalue weighted by Gasteiger charge is -2.30. The second kappa shape index (κ2) is 6.13. The van der Waals surface area contributed by atoms with Crippen LogP contribution in [0, 0.1) is 17.2 Å². The molecule has 1 aromatic rings. The quantitative estimate of drug-likeness (QED) is 0.888. The van der Waals surface area contributed by atoms with E-state index in [0.29, 0.717) is 17.9 Å². The third-order valence-corrected chi connectivity index (χ3v) is 4.56. The molecule has 2 N–H and O–H groups in total. The summed E-state index contributed by atoms with van der Waals surface area (Å²) >= 11 is 0. The zero-order valence-corrected chi connectivity index (χ0v) is 13.0. The standard InChI is InChI=1S/C17H27FN2/c1-17(2,3)14-7-5-10-20(11-9-14)16-13(12-19)6-4-8-15(16)18/h4,6,8,14H,5,7,9-12,19H2,1-3H3. The Morgan fingerprint density at radius 3 is 2.65 bits per heavy atom. The summed E-state index contributed by atoms with van der Waals surface area (Å²) < 4.78 is 14.2. The van der Waals surface area contributed by atoms with Crippen molar-refractivity contribution in [2.75, 3.05) is 18.0 Å². The molecule has 1 unspecified atom stereocenters. The average molecular weight is 278 g/mol. The molecule has 20 heavy (non-hydrogen) atoms. The van der Waals surface area contributed by atoms with E-state index in [1.165, 1.54) is 6.42 Å². The van der Waals surface area contributed by atoms with Gasteiger partial charge in [-0.1, -0.05) is 32.9 Å². The molecule has 2 rings (SSSR count). The molecule has 0 spiro atoms. The first-order valence-electron chi connectivity index (χ1n) is 7.66. The summed E-state index contributed by atoms with van der Waals surface area (Å²) in [5.41, 5.74) is 7.75. The Hall–Kier alpha value is -1.09. The third-order valence-electron chi connectivity index (χ3n) is 4.56. The maximum atomic E-state index is 14.2. The summed E-state index contributed by atoms with van der Waals surface area (Å²) in [4.78, 5) is 2.20. The van der Waals surface area contributed by atoms with Gasteiger partial charge in [-0.15, -0.1) is 0 Å². The van der Waals surface area contributed by atoms with Crippen LogP contribution in [0.3, 0.4) is 0 Å². The van der Waals surface area contributed by atoms with Crippen LogP contribution in [0.25, 0.3) is 0 Å². The Morgan fingerprint density at radius 1 is 1.25 bits per heavy atom. The second-order valence-electron chi connectivity index (χ2n) is 6.93. The van der Waals surface area contributed by atoms with E-state index in [-0.39, 0.29) is 5.82 Å². The minimum atomic E-state index is -0.137. The number of nitrogens with two attached hydrogens (primary N) is 1. The van der Waals surface area contributed by atoms with Crippen molar-refractivity contribution >= 4 is 5.69 Å². The SMILES string of the molecule is CC(C)(C)C1CCCN(c2c(F)cccc2CN)CC1. The fourth-order valence-corrected chi connectivity index (χ4v) is 3.26. The zero-order valence-electron chi connectivity index (χ0n) is 13.0. The van der Waals surface area contributed by atoms with E-state index in [4.69, 9.17) is 5.73 Å². The van der Waals surface area contributed by atoms with Crippen LogP contribution in [-0.2, 0) is 6.54 Å². The fraction of sp³-hybridized carbons (Fsp3) is 0.647. The molecule has 112 valence electrons. The van der Waals surface area contributed by atoms with Gasteiger partial charge in [-0.3, -0.25) is 0 Å². The molecule has 0 radical (unpaired) electrons. The van der Waals surface area contributed by atoms with Gasteiger partial charge < -0.3 is 10.6 Å². The van der Waals surface area contributed by atoms with Crippen LogP contribution >= 0.6 is 0 Å². The maximum absolute atomic E-state index is 14.2. The van der Waals surface area contributed by atoms with E-state index in [1.807, 2.05) is 6.07 Å². The molecular formula is C17H27FN2.